The lowest BCUT2D eigenvalue weighted by Gasteiger charge is -2.27. The van der Waals surface area contributed by atoms with Gasteiger partial charge in [-0.1, -0.05) is 36.4 Å². The maximum atomic E-state index is 12.7. The van der Waals surface area contributed by atoms with Crippen LogP contribution in [0.25, 0.3) is 0 Å². The summed E-state index contributed by atoms with van der Waals surface area (Å²) in [5, 5.41) is 10.4. The van der Waals surface area contributed by atoms with Crippen LogP contribution >= 0.6 is 0 Å². The molecule has 0 spiro atoms. The molecule has 1 fully saturated rings. The third-order valence-corrected chi connectivity index (χ3v) is 4.45. The number of carbonyl (C=O) groups excluding carboxylic acids is 1. The fourth-order valence-electron chi connectivity index (χ4n) is 3.25. The minimum atomic E-state index is -0.546. The van der Waals surface area contributed by atoms with Crippen molar-refractivity contribution in [2.45, 2.75) is 31.4 Å². The van der Waals surface area contributed by atoms with Gasteiger partial charge in [-0.3, -0.25) is 4.79 Å². The van der Waals surface area contributed by atoms with Gasteiger partial charge in [0.15, 0.2) is 0 Å². The average Bonchev–Trinajstić information content (AvgIpc) is 3.03. The quantitative estimate of drug-likeness (QED) is 0.853. The van der Waals surface area contributed by atoms with Gasteiger partial charge < -0.3 is 15.7 Å². The van der Waals surface area contributed by atoms with Crippen molar-refractivity contribution in [2.24, 2.45) is 0 Å². The van der Waals surface area contributed by atoms with Crippen LogP contribution in [0.3, 0.4) is 0 Å². The second-order valence-corrected chi connectivity index (χ2v) is 6.08. The van der Waals surface area contributed by atoms with E-state index in [1.807, 2.05) is 35.2 Å². The molecule has 2 aromatic rings. The van der Waals surface area contributed by atoms with Gasteiger partial charge in [0.2, 0.25) is 0 Å². The normalized spacial score (nSPS) is 18.8. The predicted octanol–water partition coefficient (Wildman–Crippen LogP) is 3.00. The smallest absolute Gasteiger partial charge is 0.254 e. The van der Waals surface area contributed by atoms with Crippen molar-refractivity contribution in [1.82, 2.24) is 4.90 Å². The fraction of sp³-hybridized carbons (Fsp3) is 0.316. The van der Waals surface area contributed by atoms with Crippen molar-refractivity contribution in [1.29, 1.82) is 0 Å². The van der Waals surface area contributed by atoms with E-state index in [4.69, 9.17) is 5.73 Å². The highest BCUT2D eigenvalue weighted by Gasteiger charge is 2.31. The first kappa shape index (κ1) is 15.6. The van der Waals surface area contributed by atoms with Crippen molar-refractivity contribution in [3.8, 4) is 0 Å². The summed E-state index contributed by atoms with van der Waals surface area (Å²) in [5.74, 6) is 0.0000571. The van der Waals surface area contributed by atoms with Gasteiger partial charge in [0, 0.05) is 23.8 Å². The molecular formula is C19H22N2O2. The molecule has 1 heterocycles. The van der Waals surface area contributed by atoms with E-state index in [9.17, 15) is 9.90 Å². The summed E-state index contributed by atoms with van der Waals surface area (Å²) in [6.07, 6.45) is 1.92. The molecule has 0 aliphatic carbocycles. The van der Waals surface area contributed by atoms with E-state index in [0.29, 0.717) is 17.7 Å². The van der Waals surface area contributed by atoms with Crippen molar-refractivity contribution < 1.29 is 9.90 Å². The van der Waals surface area contributed by atoms with E-state index >= 15 is 0 Å². The fourth-order valence-corrected chi connectivity index (χ4v) is 3.25. The van der Waals surface area contributed by atoms with Gasteiger partial charge in [0.25, 0.3) is 5.91 Å². The number of hydrogen-bond acceptors (Lipinski definition) is 3. The summed E-state index contributed by atoms with van der Waals surface area (Å²) >= 11 is 0. The summed E-state index contributed by atoms with van der Waals surface area (Å²) < 4.78 is 0. The first-order valence-electron chi connectivity index (χ1n) is 8.04. The van der Waals surface area contributed by atoms with Gasteiger partial charge in [-0.2, -0.15) is 0 Å². The molecule has 0 saturated carbocycles. The molecule has 3 N–H and O–H groups in total. The maximum Gasteiger partial charge on any atom is 0.254 e. The van der Waals surface area contributed by atoms with Gasteiger partial charge >= 0.3 is 0 Å². The molecule has 2 unspecified atom stereocenters. The number of nitrogens with two attached hydrogens (primary N) is 1. The summed E-state index contributed by atoms with van der Waals surface area (Å²) in [7, 11) is 0. The number of nitrogens with zero attached hydrogens (tertiary/aromatic N) is 1. The van der Waals surface area contributed by atoms with Gasteiger partial charge in [0.1, 0.15) is 0 Å². The molecule has 1 amide bonds. The van der Waals surface area contributed by atoms with Crippen LogP contribution in [0.4, 0.5) is 5.69 Å². The first-order chi connectivity index (χ1) is 11.1. The van der Waals surface area contributed by atoms with Crippen LogP contribution in [0, 0.1) is 0 Å². The van der Waals surface area contributed by atoms with Crippen LogP contribution in [0.1, 0.15) is 41.3 Å². The van der Waals surface area contributed by atoms with Crippen LogP contribution in [0.2, 0.25) is 0 Å². The Morgan fingerprint density at radius 3 is 2.74 bits per heavy atom. The number of benzene rings is 2. The third kappa shape index (κ3) is 3.54. The third-order valence-electron chi connectivity index (χ3n) is 4.45. The molecular weight excluding hydrogens is 288 g/mol. The van der Waals surface area contributed by atoms with Crippen LogP contribution < -0.4 is 5.73 Å². The van der Waals surface area contributed by atoms with Gasteiger partial charge in [-0.15, -0.1) is 0 Å². The lowest BCUT2D eigenvalue weighted by Crippen LogP contribution is -2.36. The monoisotopic (exact) mass is 310 g/mol. The zero-order valence-corrected chi connectivity index (χ0v) is 13.1. The van der Waals surface area contributed by atoms with Crippen molar-refractivity contribution in [3.63, 3.8) is 0 Å². The Hall–Kier alpha value is -2.33. The Morgan fingerprint density at radius 2 is 2.00 bits per heavy atom. The predicted molar refractivity (Wildman–Crippen MR) is 90.9 cm³/mol. The van der Waals surface area contributed by atoms with E-state index in [1.54, 1.807) is 24.3 Å². The number of rotatable bonds is 4. The number of amides is 1. The molecule has 2 atom stereocenters. The highest BCUT2D eigenvalue weighted by atomic mass is 16.3. The number of anilines is 1. The molecule has 1 aliphatic heterocycles. The molecule has 1 saturated heterocycles. The molecule has 2 aromatic carbocycles. The zero-order valence-electron chi connectivity index (χ0n) is 13.1. The molecule has 4 heteroatoms. The van der Waals surface area contributed by atoms with Crippen LogP contribution in [0.15, 0.2) is 54.6 Å². The maximum absolute atomic E-state index is 12.7. The SMILES string of the molecule is Nc1cccc(C(=O)N2CCCC2CC(O)c2ccccc2)c1. The Bertz CT molecular complexity index is 672. The number of aliphatic hydroxyl groups excluding tert-OH is 1. The van der Waals surface area contributed by atoms with Crippen LogP contribution in [-0.4, -0.2) is 28.5 Å². The number of nitrogen functional groups attached to an aromatic ring is 1. The van der Waals surface area contributed by atoms with Crippen molar-refractivity contribution in [2.75, 3.05) is 12.3 Å². The summed E-state index contributed by atoms with van der Waals surface area (Å²) in [6.45, 7) is 0.736. The molecule has 3 rings (SSSR count). The van der Waals surface area contributed by atoms with Crippen LogP contribution in [-0.2, 0) is 0 Å². The summed E-state index contributed by atoms with van der Waals surface area (Å²) in [6, 6.07) is 16.8. The second kappa shape index (κ2) is 6.84. The molecule has 0 aromatic heterocycles. The first-order valence-corrected chi connectivity index (χ1v) is 8.04. The van der Waals surface area contributed by atoms with E-state index in [1.165, 1.54) is 0 Å². The zero-order chi connectivity index (χ0) is 16.2. The number of hydrogen-bond donors (Lipinski definition) is 2. The average molecular weight is 310 g/mol. The molecule has 120 valence electrons. The standard InChI is InChI=1S/C19H22N2O2/c20-16-9-4-8-15(12-16)19(23)21-11-5-10-17(21)13-18(22)14-6-2-1-3-7-14/h1-4,6-9,12,17-18,22H,5,10-11,13,20H2. The number of aliphatic hydroxyl groups is 1. The minimum Gasteiger partial charge on any atom is -0.399 e. The van der Waals surface area contributed by atoms with Gasteiger partial charge in [-0.25, -0.2) is 0 Å². The Morgan fingerprint density at radius 1 is 1.22 bits per heavy atom. The Kier molecular flexibility index (Phi) is 4.63. The lowest BCUT2D eigenvalue weighted by atomic mass is 10.00. The minimum absolute atomic E-state index is 0.0000571. The number of likely N-dealkylation sites (tertiary alicyclic amines) is 1. The van der Waals surface area contributed by atoms with E-state index in [2.05, 4.69) is 0 Å². The van der Waals surface area contributed by atoms with E-state index in [0.717, 1.165) is 24.9 Å². The van der Waals surface area contributed by atoms with Crippen molar-refractivity contribution >= 4 is 11.6 Å². The molecule has 23 heavy (non-hydrogen) atoms. The Balaban J connectivity index is 1.71. The molecule has 1 aliphatic rings. The topological polar surface area (TPSA) is 66.6 Å². The van der Waals surface area contributed by atoms with Gasteiger partial charge in [-0.05, 0) is 43.0 Å². The van der Waals surface area contributed by atoms with Crippen molar-refractivity contribution in [3.05, 3.63) is 65.7 Å². The summed E-state index contributed by atoms with van der Waals surface area (Å²) in [4.78, 5) is 14.6. The van der Waals surface area contributed by atoms with Crippen LogP contribution in [0.5, 0.6) is 0 Å². The number of carbonyl (C=O) groups is 1. The highest BCUT2D eigenvalue weighted by molar-refractivity contribution is 5.95. The van der Waals surface area contributed by atoms with Gasteiger partial charge in [0.05, 0.1) is 6.10 Å². The molecule has 0 radical (unpaired) electrons. The molecule has 4 nitrogen and oxygen atoms in total. The highest BCUT2D eigenvalue weighted by Crippen LogP contribution is 2.28. The van der Waals surface area contributed by atoms with E-state index < -0.39 is 6.10 Å². The largest absolute Gasteiger partial charge is 0.399 e. The molecule has 0 bridgehead atoms. The Labute approximate surface area is 136 Å². The summed E-state index contributed by atoms with van der Waals surface area (Å²) in [5.41, 5.74) is 7.88. The van der Waals surface area contributed by atoms with E-state index in [-0.39, 0.29) is 11.9 Å². The lowest BCUT2D eigenvalue weighted by molar-refractivity contribution is 0.0667. The second-order valence-electron chi connectivity index (χ2n) is 6.08.